The van der Waals surface area contributed by atoms with Gasteiger partial charge in [-0.15, -0.1) is 0 Å². The second kappa shape index (κ2) is 4.45. The Bertz CT molecular complexity index is 679. The van der Waals surface area contributed by atoms with Gasteiger partial charge in [-0.25, -0.2) is 0 Å². The first-order valence-electron chi connectivity index (χ1n) is 7.23. The zero-order valence-electron chi connectivity index (χ0n) is 13.0. The molecule has 0 aliphatic carbocycles. The third kappa shape index (κ3) is 1.73. The molecule has 0 spiro atoms. The number of H-pyrrole nitrogens is 1. The Hall–Kier alpha value is -1.61. The summed E-state index contributed by atoms with van der Waals surface area (Å²) in [6.07, 6.45) is 1.03. The molecule has 3 heteroatoms. The van der Waals surface area contributed by atoms with Crippen LogP contribution in [0.15, 0.2) is 29.3 Å². The van der Waals surface area contributed by atoms with E-state index in [1.807, 2.05) is 7.05 Å². The van der Waals surface area contributed by atoms with Gasteiger partial charge in [0.05, 0.1) is 11.6 Å². The van der Waals surface area contributed by atoms with Crippen LogP contribution in [-0.4, -0.2) is 35.7 Å². The van der Waals surface area contributed by atoms with Gasteiger partial charge in [-0.3, -0.25) is 9.89 Å². The number of benzene rings is 1. The van der Waals surface area contributed by atoms with Gasteiger partial charge in [-0.05, 0) is 45.9 Å². The van der Waals surface area contributed by atoms with Crippen molar-refractivity contribution >= 4 is 16.6 Å². The van der Waals surface area contributed by atoms with Crippen molar-refractivity contribution in [3.63, 3.8) is 0 Å². The first-order valence-corrected chi connectivity index (χ1v) is 7.23. The summed E-state index contributed by atoms with van der Waals surface area (Å²) in [5, 5.41) is 1.36. The predicted molar refractivity (Wildman–Crippen MR) is 85.6 cm³/mol. The fraction of sp³-hybridized carbons (Fsp3) is 0.471. The van der Waals surface area contributed by atoms with Crippen molar-refractivity contribution in [1.29, 1.82) is 0 Å². The zero-order chi connectivity index (χ0) is 14.5. The quantitative estimate of drug-likeness (QED) is 0.791. The molecule has 3 nitrogen and oxygen atoms in total. The highest BCUT2D eigenvalue weighted by Gasteiger charge is 2.40. The van der Waals surface area contributed by atoms with Crippen LogP contribution in [-0.2, 0) is 12.0 Å². The van der Waals surface area contributed by atoms with Gasteiger partial charge in [-0.1, -0.05) is 18.2 Å². The number of fused-ring (bicyclic) bond motifs is 3. The van der Waals surface area contributed by atoms with Crippen LogP contribution in [0.25, 0.3) is 10.9 Å². The molecule has 0 saturated carbocycles. The van der Waals surface area contributed by atoms with Crippen LogP contribution >= 0.6 is 0 Å². The molecule has 1 unspecified atom stereocenters. The fourth-order valence-corrected chi connectivity index (χ4v) is 3.41. The SMILES string of the molecule is CN=C(C)C1Cc2c([nH]c3ccccc23)C(C)(C)N1C. The lowest BCUT2D eigenvalue weighted by Crippen LogP contribution is -2.53. The topological polar surface area (TPSA) is 31.4 Å². The number of nitrogens with zero attached hydrogens (tertiary/aromatic N) is 2. The summed E-state index contributed by atoms with van der Waals surface area (Å²) >= 11 is 0. The van der Waals surface area contributed by atoms with Gasteiger partial charge in [-0.2, -0.15) is 0 Å². The van der Waals surface area contributed by atoms with Gasteiger partial charge in [0.15, 0.2) is 0 Å². The maximum atomic E-state index is 4.43. The van der Waals surface area contributed by atoms with Gasteiger partial charge in [0.25, 0.3) is 0 Å². The van der Waals surface area contributed by atoms with E-state index in [2.05, 4.69) is 67.0 Å². The Balaban J connectivity index is 2.23. The second-order valence-electron chi connectivity index (χ2n) is 6.28. The van der Waals surface area contributed by atoms with Crippen LogP contribution in [0.2, 0.25) is 0 Å². The minimum atomic E-state index is -0.0107. The number of rotatable bonds is 1. The van der Waals surface area contributed by atoms with E-state index >= 15 is 0 Å². The molecule has 0 fully saturated rings. The largest absolute Gasteiger partial charge is 0.357 e. The molecule has 1 N–H and O–H groups in total. The van der Waals surface area contributed by atoms with Crippen LogP contribution in [0.5, 0.6) is 0 Å². The molecule has 106 valence electrons. The monoisotopic (exact) mass is 269 g/mol. The minimum absolute atomic E-state index is 0.0107. The molecule has 1 aliphatic rings. The smallest absolute Gasteiger partial charge is 0.0560 e. The Morgan fingerprint density at radius 3 is 2.75 bits per heavy atom. The van der Waals surface area contributed by atoms with Crippen molar-refractivity contribution < 1.29 is 0 Å². The minimum Gasteiger partial charge on any atom is -0.357 e. The molecule has 1 aliphatic heterocycles. The van der Waals surface area contributed by atoms with Gasteiger partial charge in [0.1, 0.15) is 0 Å². The van der Waals surface area contributed by atoms with E-state index in [0.717, 1.165) is 6.42 Å². The fourth-order valence-electron chi connectivity index (χ4n) is 3.41. The van der Waals surface area contributed by atoms with Crippen molar-refractivity contribution in [2.24, 2.45) is 4.99 Å². The van der Waals surface area contributed by atoms with Crippen LogP contribution in [0.1, 0.15) is 32.0 Å². The number of aromatic amines is 1. The van der Waals surface area contributed by atoms with E-state index < -0.39 is 0 Å². The summed E-state index contributed by atoms with van der Waals surface area (Å²) in [7, 11) is 4.09. The Labute approximate surface area is 120 Å². The molecule has 1 atom stereocenters. The first-order chi connectivity index (χ1) is 9.46. The van der Waals surface area contributed by atoms with Crippen LogP contribution < -0.4 is 0 Å². The van der Waals surface area contributed by atoms with Gasteiger partial charge < -0.3 is 4.98 Å². The van der Waals surface area contributed by atoms with Crippen molar-refractivity contribution in [2.75, 3.05) is 14.1 Å². The molecule has 3 rings (SSSR count). The number of hydrogen-bond donors (Lipinski definition) is 1. The molecule has 2 heterocycles. The number of aliphatic imine (C=N–C) groups is 1. The molecular weight excluding hydrogens is 246 g/mol. The predicted octanol–water partition coefficient (Wildman–Crippen LogP) is 3.35. The molecule has 2 aromatic rings. The van der Waals surface area contributed by atoms with E-state index in [0.29, 0.717) is 6.04 Å². The van der Waals surface area contributed by atoms with Gasteiger partial charge in [0, 0.05) is 29.4 Å². The van der Waals surface area contributed by atoms with Gasteiger partial charge >= 0.3 is 0 Å². The number of aromatic nitrogens is 1. The second-order valence-corrected chi connectivity index (χ2v) is 6.28. The van der Waals surface area contributed by atoms with E-state index in [1.165, 1.54) is 27.9 Å². The normalized spacial score (nSPS) is 23.1. The number of hydrogen-bond acceptors (Lipinski definition) is 2. The molecule has 0 amide bonds. The summed E-state index contributed by atoms with van der Waals surface area (Å²) in [4.78, 5) is 10.5. The van der Waals surface area contributed by atoms with Crippen molar-refractivity contribution in [1.82, 2.24) is 9.88 Å². The average Bonchev–Trinajstić information content (AvgIpc) is 2.82. The Morgan fingerprint density at radius 2 is 2.05 bits per heavy atom. The lowest BCUT2D eigenvalue weighted by Gasteiger charge is -2.45. The third-order valence-corrected chi connectivity index (χ3v) is 5.01. The average molecular weight is 269 g/mol. The van der Waals surface area contributed by atoms with Crippen LogP contribution in [0, 0.1) is 0 Å². The summed E-state index contributed by atoms with van der Waals surface area (Å²) in [6, 6.07) is 8.98. The molecule has 1 aromatic carbocycles. The third-order valence-electron chi connectivity index (χ3n) is 5.01. The molecule has 0 bridgehead atoms. The standard InChI is InChI=1S/C17H23N3/c1-11(18-4)15-10-13-12-8-6-7-9-14(12)19-16(13)17(2,3)20(15)5/h6-9,15,19H,10H2,1-5H3. The van der Waals surface area contributed by atoms with E-state index in [-0.39, 0.29) is 5.54 Å². The van der Waals surface area contributed by atoms with Crippen LogP contribution in [0.4, 0.5) is 0 Å². The lowest BCUT2D eigenvalue weighted by atomic mass is 9.83. The molecule has 1 aromatic heterocycles. The lowest BCUT2D eigenvalue weighted by molar-refractivity contribution is 0.113. The van der Waals surface area contributed by atoms with Crippen molar-refractivity contribution in [3.8, 4) is 0 Å². The Morgan fingerprint density at radius 1 is 1.35 bits per heavy atom. The zero-order valence-corrected chi connectivity index (χ0v) is 13.0. The maximum Gasteiger partial charge on any atom is 0.0560 e. The highest BCUT2D eigenvalue weighted by molar-refractivity contribution is 5.91. The number of likely N-dealkylation sites (N-methyl/N-ethyl adjacent to an activating group) is 1. The van der Waals surface area contributed by atoms with Crippen molar-refractivity contribution in [3.05, 3.63) is 35.5 Å². The first kappa shape index (κ1) is 13.4. The molecule has 0 radical (unpaired) electrons. The highest BCUT2D eigenvalue weighted by atomic mass is 15.2. The Kier molecular flexibility index (Phi) is 2.98. The van der Waals surface area contributed by atoms with Crippen molar-refractivity contribution in [2.45, 2.75) is 38.8 Å². The molecule has 20 heavy (non-hydrogen) atoms. The summed E-state index contributed by atoms with van der Waals surface area (Å²) in [5.41, 5.74) is 5.24. The van der Waals surface area contributed by atoms with E-state index in [9.17, 15) is 0 Å². The highest BCUT2D eigenvalue weighted by Crippen LogP contribution is 2.40. The number of para-hydroxylation sites is 1. The van der Waals surface area contributed by atoms with Gasteiger partial charge in [0.2, 0.25) is 0 Å². The molecular formula is C17H23N3. The maximum absolute atomic E-state index is 4.43. The van der Waals surface area contributed by atoms with Crippen LogP contribution in [0.3, 0.4) is 0 Å². The summed E-state index contributed by atoms with van der Waals surface area (Å²) in [6.45, 7) is 6.71. The number of nitrogens with one attached hydrogen (secondary N) is 1. The van der Waals surface area contributed by atoms with E-state index in [4.69, 9.17) is 0 Å². The van der Waals surface area contributed by atoms with E-state index in [1.54, 1.807) is 0 Å². The molecule has 0 saturated heterocycles. The summed E-state index contributed by atoms with van der Waals surface area (Å²) in [5.74, 6) is 0. The summed E-state index contributed by atoms with van der Waals surface area (Å²) < 4.78 is 0.